The van der Waals surface area contributed by atoms with Gasteiger partial charge in [0, 0.05) is 43.1 Å². The van der Waals surface area contributed by atoms with Gasteiger partial charge in [-0.3, -0.25) is 14.5 Å². The maximum absolute atomic E-state index is 12.7. The molecule has 0 radical (unpaired) electrons. The van der Waals surface area contributed by atoms with Crippen LogP contribution in [-0.4, -0.2) is 102 Å². The Bertz CT molecular complexity index is 1090. The first-order valence-corrected chi connectivity index (χ1v) is 18.2. The number of carbonyl (C=O) groups excluding carboxylic acids is 2. The molecule has 0 unspecified atom stereocenters. The zero-order valence-corrected chi connectivity index (χ0v) is 27.5. The zero-order chi connectivity index (χ0) is 30.8. The molecule has 3 aliphatic rings. The first kappa shape index (κ1) is 33.9. The van der Waals surface area contributed by atoms with Gasteiger partial charge in [0.1, 0.15) is 17.9 Å². The lowest BCUT2D eigenvalue weighted by Gasteiger charge is -2.37. The van der Waals surface area contributed by atoms with Crippen LogP contribution in [0.25, 0.3) is 0 Å². The molecule has 9 nitrogen and oxygen atoms in total. The van der Waals surface area contributed by atoms with Gasteiger partial charge in [0.15, 0.2) is 0 Å². The number of carboxylic acids is 1. The first-order chi connectivity index (χ1) is 20.8. The molecule has 1 aliphatic carbocycles. The van der Waals surface area contributed by atoms with E-state index in [0.29, 0.717) is 43.5 Å². The molecule has 4 rings (SSSR count). The number of hydrogen-bond acceptors (Lipinski definition) is 9. The Morgan fingerprint density at radius 3 is 2.67 bits per heavy atom. The minimum absolute atomic E-state index is 0.0759. The van der Waals surface area contributed by atoms with Gasteiger partial charge in [-0.2, -0.15) is 0 Å². The average Bonchev–Trinajstić information content (AvgIpc) is 3.68. The maximum atomic E-state index is 12.7. The molecule has 5 atom stereocenters. The first-order valence-electron chi connectivity index (χ1n) is 15.7. The van der Waals surface area contributed by atoms with Crippen LogP contribution in [0.5, 0.6) is 5.75 Å². The predicted octanol–water partition coefficient (Wildman–Crippen LogP) is 4.97. The van der Waals surface area contributed by atoms with Crippen LogP contribution in [0.4, 0.5) is 0 Å². The molecule has 3 fully saturated rings. The fraction of sp³-hybridized carbons (Fsp3) is 0.719. The number of likely N-dealkylation sites (tertiary alicyclic amines) is 2. The van der Waals surface area contributed by atoms with E-state index in [1.165, 1.54) is 23.3 Å². The molecule has 1 amide bonds. The van der Waals surface area contributed by atoms with Crippen molar-refractivity contribution in [3.63, 3.8) is 0 Å². The number of ether oxygens (including phenoxy) is 3. The summed E-state index contributed by atoms with van der Waals surface area (Å²) in [5.74, 6) is 0.672. The van der Waals surface area contributed by atoms with Gasteiger partial charge in [0.2, 0.25) is 5.91 Å². The molecular weight excluding hydrogens is 588 g/mol. The van der Waals surface area contributed by atoms with Crippen LogP contribution in [0, 0.1) is 12.8 Å². The third-order valence-electron chi connectivity index (χ3n) is 8.84. The van der Waals surface area contributed by atoms with Crippen LogP contribution in [0.15, 0.2) is 18.2 Å². The summed E-state index contributed by atoms with van der Waals surface area (Å²) in [6.45, 7) is 6.78. The molecule has 0 spiro atoms. The second kappa shape index (κ2) is 16.9. The molecule has 0 bridgehead atoms. The van der Waals surface area contributed by atoms with Crippen LogP contribution >= 0.6 is 21.6 Å². The lowest BCUT2D eigenvalue weighted by molar-refractivity contribution is -0.149. The highest BCUT2D eigenvalue weighted by Gasteiger charge is 2.37. The Morgan fingerprint density at radius 2 is 1.88 bits per heavy atom. The van der Waals surface area contributed by atoms with Crippen molar-refractivity contribution in [2.75, 3.05) is 44.9 Å². The van der Waals surface area contributed by atoms with Crippen molar-refractivity contribution < 1.29 is 33.7 Å². The average molecular weight is 637 g/mol. The molecule has 0 aromatic heterocycles. The van der Waals surface area contributed by atoms with Crippen LogP contribution in [0.1, 0.15) is 69.4 Å². The smallest absolute Gasteiger partial charge is 0.326 e. The van der Waals surface area contributed by atoms with Crippen molar-refractivity contribution in [3.8, 4) is 5.75 Å². The number of nitrogens with zero attached hydrogens (tertiary/aromatic N) is 2. The summed E-state index contributed by atoms with van der Waals surface area (Å²) in [4.78, 5) is 40.6. The van der Waals surface area contributed by atoms with E-state index in [9.17, 15) is 19.5 Å². The van der Waals surface area contributed by atoms with Crippen LogP contribution < -0.4 is 4.74 Å². The third-order valence-corrected chi connectivity index (χ3v) is 11.4. The molecular formula is C32H48N2O7S2. The number of aliphatic carboxylic acids is 1. The van der Waals surface area contributed by atoms with Gasteiger partial charge < -0.3 is 24.2 Å². The molecule has 1 saturated carbocycles. The SMILES string of the molecule is COc1cc(CCO[C@@H]2CCCC[C@H]2N2CC[C@@H](OC(=O)CCSSC[C@@H](C)C(=O)N3CCC[C@H]3C(=O)O)C2)ccc1C. The van der Waals surface area contributed by atoms with E-state index in [1.54, 1.807) is 28.7 Å². The van der Waals surface area contributed by atoms with Gasteiger partial charge >= 0.3 is 11.9 Å². The van der Waals surface area contributed by atoms with Crippen molar-refractivity contribution >= 4 is 39.4 Å². The summed E-state index contributed by atoms with van der Waals surface area (Å²) >= 11 is 0. The van der Waals surface area contributed by atoms with Gasteiger partial charge in [-0.15, -0.1) is 0 Å². The minimum Gasteiger partial charge on any atom is -0.496 e. The number of carbonyl (C=O) groups is 3. The lowest BCUT2D eigenvalue weighted by Crippen LogP contribution is -2.46. The highest BCUT2D eigenvalue weighted by Crippen LogP contribution is 2.31. The largest absolute Gasteiger partial charge is 0.496 e. The molecule has 1 aromatic carbocycles. The molecule has 240 valence electrons. The van der Waals surface area contributed by atoms with Gasteiger partial charge in [0.25, 0.3) is 0 Å². The topological polar surface area (TPSA) is 106 Å². The molecule has 43 heavy (non-hydrogen) atoms. The highest BCUT2D eigenvalue weighted by molar-refractivity contribution is 8.76. The predicted molar refractivity (Wildman–Crippen MR) is 171 cm³/mol. The summed E-state index contributed by atoms with van der Waals surface area (Å²) in [5.41, 5.74) is 2.36. The Morgan fingerprint density at radius 1 is 1.07 bits per heavy atom. The van der Waals surface area contributed by atoms with Crippen molar-refractivity contribution in [2.24, 2.45) is 5.92 Å². The second-order valence-corrected chi connectivity index (χ2v) is 14.6. The normalized spacial score (nSPS) is 25.0. The van der Waals surface area contributed by atoms with Crippen molar-refractivity contribution in [1.29, 1.82) is 0 Å². The van der Waals surface area contributed by atoms with E-state index in [1.807, 2.05) is 13.8 Å². The Kier molecular flexibility index (Phi) is 13.4. The molecule has 1 N–H and O–H groups in total. The van der Waals surface area contributed by atoms with E-state index >= 15 is 0 Å². The van der Waals surface area contributed by atoms with E-state index < -0.39 is 12.0 Å². The lowest BCUT2D eigenvalue weighted by atomic mass is 9.91. The minimum atomic E-state index is -0.925. The number of aryl methyl sites for hydroxylation is 1. The zero-order valence-electron chi connectivity index (χ0n) is 25.8. The van der Waals surface area contributed by atoms with Gasteiger partial charge in [-0.1, -0.05) is 53.5 Å². The van der Waals surface area contributed by atoms with Gasteiger partial charge in [0.05, 0.1) is 26.2 Å². The number of rotatable bonds is 15. The number of esters is 1. The molecule has 2 aliphatic heterocycles. The number of amides is 1. The Labute approximate surface area is 264 Å². The van der Waals surface area contributed by atoms with E-state index in [4.69, 9.17) is 14.2 Å². The molecule has 11 heteroatoms. The van der Waals surface area contributed by atoms with E-state index in [-0.39, 0.29) is 30.0 Å². The number of hydrogen-bond donors (Lipinski definition) is 1. The van der Waals surface area contributed by atoms with Crippen molar-refractivity contribution in [2.45, 2.75) is 95.9 Å². The summed E-state index contributed by atoms with van der Waals surface area (Å²) in [7, 11) is 4.82. The summed E-state index contributed by atoms with van der Waals surface area (Å²) in [6, 6.07) is 6.01. The fourth-order valence-corrected chi connectivity index (χ4v) is 8.72. The number of methoxy groups -OCH3 is 1. The summed E-state index contributed by atoms with van der Waals surface area (Å²) < 4.78 is 17.7. The Balaban J connectivity index is 1.11. The quantitative estimate of drug-likeness (QED) is 0.161. The number of carboxylic acid groups (broad SMARTS) is 1. The highest BCUT2D eigenvalue weighted by atomic mass is 33.1. The standard InChI is InChI=1S/C32H48N2O7S2/c1-22-10-11-24(19-29(22)39-3)13-17-40-28-9-5-4-7-26(28)33-16-12-25(20-33)41-30(35)14-18-42-43-21-23(2)31(36)34-15-6-8-27(34)32(37)38/h10-11,19,23,25-28H,4-9,12-18,20-21H2,1-3H3,(H,37,38)/t23-,25-,26-,27+,28-/m1/s1. The summed E-state index contributed by atoms with van der Waals surface area (Å²) in [6.07, 6.45) is 8.02. The molecule has 2 heterocycles. The summed E-state index contributed by atoms with van der Waals surface area (Å²) in [5, 5.41) is 9.34. The third kappa shape index (κ3) is 9.77. The molecule has 1 aromatic rings. The van der Waals surface area contributed by atoms with Crippen LogP contribution in [0.2, 0.25) is 0 Å². The van der Waals surface area contributed by atoms with E-state index in [2.05, 4.69) is 23.1 Å². The van der Waals surface area contributed by atoms with Gasteiger partial charge in [-0.05, 0) is 62.6 Å². The van der Waals surface area contributed by atoms with Crippen molar-refractivity contribution in [1.82, 2.24) is 9.80 Å². The van der Waals surface area contributed by atoms with Gasteiger partial charge in [-0.25, -0.2) is 4.79 Å². The van der Waals surface area contributed by atoms with Crippen molar-refractivity contribution in [3.05, 3.63) is 29.3 Å². The number of benzene rings is 1. The monoisotopic (exact) mass is 636 g/mol. The second-order valence-electron chi connectivity index (χ2n) is 12.0. The van der Waals surface area contributed by atoms with Crippen LogP contribution in [-0.2, 0) is 30.3 Å². The van der Waals surface area contributed by atoms with E-state index in [0.717, 1.165) is 56.5 Å². The maximum Gasteiger partial charge on any atom is 0.326 e. The Hall–Kier alpha value is -1.95. The molecule has 2 saturated heterocycles. The van der Waals surface area contributed by atoms with Crippen LogP contribution in [0.3, 0.4) is 0 Å². The fourth-order valence-electron chi connectivity index (χ4n) is 6.41.